The molecule has 0 spiro atoms. The van der Waals surface area contributed by atoms with Gasteiger partial charge in [0.2, 0.25) is 0 Å². The van der Waals surface area contributed by atoms with E-state index in [4.69, 9.17) is 16.3 Å². The minimum atomic E-state index is -0.644. The molecule has 1 aromatic heterocycles. The van der Waals surface area contributed by atoms with Crippen molar-refractivity contribution in [3.05, 3.63) is 29.6 Å². The highest BCUT2D eigenvalue weighted by molar-refractivity contribution is 6.17. The second-order valence-electron chi connectivity index (χ2n) is 4.89. The molecule has 2 aromatic rings. The van der Waals surface area contributed by atoms with Crippen LogP contribution < -0.4 is 0 Å². The summed E-state index contributed by atoms with van der Waals surface area (Å²) in [5, 5.41) is 0. The lowest BCUT2D eigenvalue weighted by Gasteiger charge is -2.14. The number of nitrogens with zero attached hydrogens (tertiary/aromatic N) is 2. The van der Waals surface area contributed by atoms with E-state index in [1.165, 1.54) is 6.07 Å². The molecule has 6 heteroatoms. The second-order valence-corrected chi connectivity index (χ2v) is 5.27. The fraction of sp³-hybridized carbons (Fsp3) is 0.500. The van der Waals surface area contributed by atoms with E-state index < -0.39 is 11.6 Å². The van der Waals surface area contributed by atoms with Gasteiger partial charge in [0, 0.05) is 32.0 Å². The summed E-state index contributed by atoms with van der Waals surface area (Å²) in [5.74, 6) is 0.00806. The van der Waals surface area contributed by atoms with Gasteiger partial charge in [-0.2, -0.15) is 0 Å². The third kappa shape index (κ3) is 3.10. The van der Waals surface area contributed by atoms with E-state index in [1.54, 1.807) is 7.11 Å². The first-order valence-electron chi connectivity index (χ1n) is 6.45. The number of methoxy groups -OCH3 is 1. The summed E-state index contributed by atoms with van der Waals surface area (Å²) in [4.78, 5) is 4.25. The number of benzene rings is 1. The molecule has 3 nitrogen and oxygen atoms in total. The molecule has 20 heavy (non-hydrogen) atoms. The number of halogens is 3. The van der Waals surface area contributed by atoms with Crippen LogP contribution >= 0.6 is 11.6 Å². The first-order chi connectivity index (χ1) is 9.56. The molecule has 1 heterocycles. The van der Waals surface area contributed by atoms with Gasteiger partial charge >= 0.3 is 0 Å². The largest absolute Gasteiger partial charge is 0.384 e. The number of aromatic nitrogens is 2. The van der Waals surface area contributed by atoms with E-state index in [0.29, 0.717) is 36.8 Å². The predicted octanol–water partition coefficient (Wildman–Crippen LogP) is 3.38. The van der Waals surface area contributed by atoms with E-state index in [1.807, 2.05) is 11.5 Å². The molecule has 1 atom stereocenters. The lowest BCUT2D eigenvalue weighted by molar-refractivity contribution is 0.151. The van der Waals surface area contributed by atoms with Crippen LogP contribution in [0.4, 0.5) is 8.78 Å². The summed E-state index contributed by atoms with van der Waals surface area (Å²) >= 11 is 5.76. The molecule has 110 valence electrons. The van der Waals surface area contributed by atoms with Crippen molar-refractivity contribution in [2.24, 2.45) is 5.92 Å². The van der Waals surface area contributed by atoms with Gasteiger partial charge in [-0.3, -0.25) is 0 Å². The molecule has 0 bridgehead atoms. The summed E-state index contributed by atoms with van der Waals surface area (Å²) in [6.07, 6.45) is 0.511. The van der Waals surface area contributed by atoms with Crippen molar-refractivity contribution in [2.75, 3.05) is 19.6 Å². The molecular weight excluding hydrogens is 286 g/mol. The van der Waals surface area contributed by atoms with Crippen LogP contribution in [-0.2, 0) is 17.7 Å². The normalized spacial score (nSPS) is 13.1. The Bertz CT molecular complexity index is 600. The number of hydrogen-bond acceptors (Lipinski definition) is 2. The fourth-order valence-corrected chi connectivity index (χ4v) is 2.49. The van der Waals surface area contributed by atoms with Gasteiger partial charge in [0.15, 0.2) is 5.82 Å². The summed E-state index contributed by atoms with van der Waals surface area (Å²) in [7, 11) is 1.63. The van der Waals surface area contributed by atoms with Gasteiger partial charge in [0.05, 0.1) is 12.1 Å². The van der Waals surface area contributed by atoms with Crippen molar-refractivity contribution >= 4 is 22.6 Å². The number of ether oxygens (including phenoxy) is 1. The Hall–Kier alpha value is -1.20. The van der Waals surface area contributed by atoms with Crippen molar-refractivity contribution in [3.63, 3.8) is 0 Å². The van der Waals surface area contributed by atoms with Crippen LogP contribution in [0.2, 0.25) is 0 Å². The zero-order valence-corrected chi connectivity index (χ0v) is 12.3. The second kappa shape index (κ2) is 6.50. The Kier molecular flexibility index (Phi) is 4.94. The average molecular weight is 303 g/mol. The van der Waals surface area contributed by atoms with Gasteiger partial charge in [-0.15, -0.1) is 11.6 Å². The van der Waals surface area contributed by atoms with Gasteiger partial charge in [0.1, 0.15) is 17.2 Å². The van der Waals surface area contributed by atoms with Crippen LogP contribution in [0.25, 0.3) is 11.0 Å². The zero-order valence-electron chi connectivity index (χ0n) is 11.5. The van der Waals surface area contributed by atoms with E-state index in [9.17, 15) is 8.78 Å². The molecule has 0 radical (unpaired) electrons. The first kappa shape index (κ1) is 15.2. The van der Waals surface area contributed by atoms with E-state index >= 15 is 0 Å². The summed E-state index contributed by atoms with van der Waals surface area (Å²) in [6.45, 7) is 3.16. The summed E-state index contributed by atoms with van der Waals surface area (Å²) < 4.78 is 34.1. The zero-order chi connectivity index (χ0) is 14.7. The Balaban J connectivity index is 2.50. The third-order valence-electron chi connectivity index (χ3n) is 3.11. The van der Waals surface area contributed by atoms with E-state index in [-0.39, 0.29) is 11.4 Å². The average Bonchev–Trinajstić information content (AvgIpc) is 2.69. The monoisotopic (exact) mass is 302 g/mol. The van der Waals surface area contributed by atoms with Crippen molar-refractivity contribution in [1.29, 1.82) is 0 Å². The summed E-state index contributed by atoms with van der Waals surface area (Å²) in [6, 6.07) is 2.16. The highest BCUT2D eigenvalue weighted by Crippen LogP contribution is 2.22. The number of aryl methyl sites for hydroxylation is 1. The predicted molar refractivity (Wildman–Crippen MR) is 75.1 cm³/mol. The minimum Gasteiger partial charge on any atom is -0.384 e. The lowest BCUT2D eigenvalue weighted by atomic mass is 10.2. The summed E-state index contributed by atoms with van der Waals surface area (Å²) in [5.41, 5.74) is 0.654. The van der Waals surface area contributed by atoms with Crippen LogP contribution in [0, 0.1) is 17.6 Å². The van der Waals surface area contributed by atoms with Gasteiger partial charge < -0.3 is 9.30 Å². The van der Waals surface area contributed by atoms with Crippen molar-refractivity contribution in [2.45, 2.75) is 19.9 Å². The van der Waals surface area contributed by atoms with Crippen LogP contribution in [0.15, 0.2) is 12.1 Å². The van der Waals surface area contributed by atoms with Crippen LogP contribution in [-0.4, -0.2) is 29.1 Å². The van der Waals surface area contributed by atoms with Crippen molar-refractivity contribution in [1.82, 2.24) is 9.55 Å². The molecule has 0 amide bonds. The maximum atomic E-state index is 13.8. The Morgan fingerprint density at radius 3 is 2.80 bits per heavy atom. The Morgan fingerprint density at radius 1 is 1.40 bits per heavy atom. The highest BCUT2D eigenvalue weighted by atomic mass is 35.5. The van der Waals surface area contributed by atoms with E-state index in [0.717, 1.165) is 6.07 Å². The molecule has 0 saturated heterocycles. The number of imidazole rings is 1. The number of alkyl halides is 1. The van der Waals surface area contributed by atoms with Gasteiger partial charge in [-0.05, 0) is 12.0 Å². The molecule has 1 unspecified atom stereocenters. The molecule has 0 aliphatic heterocycles. The Labute approximate surface area is 121 Å². The van der Waals surface area contributed by atoms with Gasteiger partial charge in [-0.1, -0.05) is 6.92 Å². The standard InChI is InChI=1S/C14H17ClF2N2O/c1-9(8-20-2)7-19-12-6-10(16)5-11(17)14(12)18-13(19)3-4-15/h5-6,9H,3-4,7-8H2,1-2H3. The molecule has 0 aliphatic carbocycles. The van der Waals surface area contributed by atoms with Crippen LogP contribution in [0.5, 0.6) is 0 Å². The smallest absolute Gasteiger partial charge is 0.153 e. The number of fused-ring (bicyclic) bond motifs is 1. The van der Waals surface area contributed by atoms with Crippen LogP contribution in [0.3, 0.4) is 0 Å². The highest BCUT2D eigenvalue weighted by Gasteiger charge is 2.17. The molecule has 1 aromatic carbocycles. The van der Waals surface area contributed by atoms with Crippen molar-refractivity contribution < 1.29 is 13.5 Å². The molecule has 0 fully saturated rings. The van der Waals surface area contributed by atoms with Crippen LogP contribution in [0.1, 0.15) is 12.7 Å². The maximum absolute atomic E-state index is 13.8. The quantitative estimate of drug-likeness (QED) is 0.765. The third-order valence-corrected chi connectivity index (χ3v) is 3.30. The number of rotatable bonds is 6. The molecule has 0 N–H and O–H groups in total. The SMILES string of the molecule is COCC(C)Cn1c(CCCl)nc2c(F)cc(F)cc21. The van der Waals surface area contributed by atoms with Crippen molar-refractivity contribution in [3.8, 4) is 0 Å². The van der Waals surface area contributed by atoms with Gasteiger partial charge in [0.25, 0.3) is 0 Å². The van der Waals surface area contributed by atoms with E-state index in [2.05, 4.69) is 4.98 Å². The molecule has 0 saturated carbocycles. The Morgan fingerprint density at radius 2 is 2.15 bits per heavy atom. The van der Waals surface area contributed by atoms with Gasteiger partial charge in [-0.25, -0.2) is 13.8 Å². The minimum absolute atomic E-state index is 0.191. The molecular formula is C14H17ClF2N2O. The molecule has 0 aliphatic rings. The number of hydrogen-bond donors (Lipinski definition) is 0. The maximum Gasteiger partial charge on any atom is 0.153 e. The first-order valence-corrected chi connectivity index (χ1v) is 6.99. The fourth-order valence-electron chi connectivity index (χ4n) is 2.33. The lowest BCUT2D eigenvalue weighted by Crippen LogP contribution is -2.15. The molecule has 2 rings (SSSR count). The topological polar surface area (TPSA) is 27.1 Å².